The highest BCUT2D eigenvalue weighted by atomic mass is 16.3. The molecular weight excluding hydrogens is 372 g/mol. The molecule has 0 bridgehead atoms. The lowest BCUT2D eigenvalue weighted by atomic mass is 9.92. The van der Waals surface area contributed by atoms with E-state index < -0.39 is 11.6 Å². The first-order valence-electron chi connectivity index (χ1n) is 9.75. The lowest BCUT2D eigenvalue weighted by Crippen LogP contribution is -3.07. The first-order valence-corrected chi connectivity index (χ1v) is 9.75. The van der Waals surface area contributed by atoms with Gasteiger partial charge in [-0.3, -0.25) is 14.5 Å². The third-order valence-corrected chi connectivity index (χ3v) is 5.81. The van der Waals surface area contributed by atoms with Gasteiger partial charge in [0.15, 0.2) is 11.8 Å². The van der Waals surface area contributed by atoms with Gasteiger partial charge in [-0.1, -0.05) is 24.3 Å². The minimum atomic E-state index is -1.04. The molecule has 1 fully saturated rings. The largest absolute Gasteiger partial charge is 0.463 e. The van der Waals surface area contributed by atoms with E-state index in [1.165, 1.54) is 0 Å². The van der Waals surface area contributed by atoms with Crippen molar-refractivity contribution < 1.29 is 23.7 Å². The minimum Gasteiger partial charge on any atom is -0.463 e. The number of hydrogen-bond acceptors (Lipinski definition) is 4. The second-order valence-corrected chi connectivity index (χ2v) is 7.83. The molecule has 1 spiro atoms. The first kappa shape index (κ1) is 19.2. The summed E-state index contributed by atoms with van der Waals surface area (Å²) in [6, 6.07) is 10.7. The van der Waals surface area contributed by atoms with Crippen molar-refractivity contribution >= 4 is 17.8 Å². The summed E-state index contributed by atoms with van der Waals surface area (Å²) in [7, 11) is 3.94. The van der Waals surface area contributed by atoms with Crippen molar-refractivity contribution in [2.45, 2.75) is 24.4 Å². The molecule has 1 aromatic heterocycles. The van der Waals surface area contributed by atoms with Gasteiger partial charge in [0.1, 0.15) is 12.1 Å². The van der Waals surface area contributed by atoms with Gasteiger partial charge in [-0.05, 0) is 36.1 Å². The molecule has 2 aliphatic rings. The summed E-state index contributed by atoms with van der Waals surface area (Å²) >= 11 is 0. The molecule has 0 saturated carbocycles. The zero-order chi connectivity index (χ0) is 20.6. The van der Waals surface area contributed by atoms with Gasteiger partial charge in [-0.25, -0.2) is 4.79 Å². The Labute approximate surface area is 168 Å². The number of quaternary nitrogens is 1. The van der Waals surface area contributed by atoms with Crippen LogP contribution in [0.3, 0.4) is 0 Å². The third kappa shape index (κ3) is 3.29. The predicted molar refractivity (Wildman–Crippen MR) is 104 cm³/mol. The lowest BCUT2D eigenvalue weighted by Gasteiger charge is -2.22. The van der Waals surface area contributed by atoms with Crippen LogP contribution in [0.25, 0.3) is 0 Å². The average molecular weight is 397 g/mol. The van der Waals surface area contributed by atoms with E-state index in [1.807, 2.05) is 44.4 Å². The van der Waals surface area contributed by atoms with Crippen LogP contribution in [0.5, 0.6) is 0 Å². The van der Waals surface area contributed by atoms with Gasteiger partial charge < -0.3 is 20.0 Å². The van der Waals surface area contributed by atoms with Crippen LogP contribution in [0.4, 0.5) is 4.79 Å². The van der Waals surface area contributed by atoms with E-state index in [1.54, 1.807) is 12.3 Å². The van der Waals surface area contributed by atoms with E-state index in [0.717, 1.165) is 33.1 Å². The highest BCUT2D eigenvalue weighted by Gasteiger charge is 2.55. The number of rotatable bonds is 6. The fraction of sp³-hybridized carbons (Fsp3) is 0.381. The number of hydrogen-bond donors (Lipinski definition) is 3. The summed E-state index contributed by atoms with van der Waals surface area (Å²) in [6.07, 6.45) is 2.83. The highest BCUT2D eigenvalue weighted by Crippen LogP contribution is 2.41. The lowest BCUT2D eigenvalue weighted by molar-refractivity contribution is -0.891. The van der Waals surface area contributed by atoms with Crippen LogP contribution in [0, 0.1) is 0 Å². The molecule has 29 heavy (non-hydrogen) atoms. The van der Waals surface area contributed by atoms with Crippen molar-refractivity contribution in [1.82, 2.24) is 15.5 Å². The Kier molecular flexibility index (Phi) is 4.87. The zero-order valence-corrected chi connectivity index (χ0v) is 16.5. The van der Waals surface area contributed by atoms with Crippen LogP contribution in [-0.4, -0.2) is 49.9 Å². The average Bonchev–Trinajstić information content (AvgIpc) is 3.39. The number of amides is 4. The van der Waals surface area contributed by atoms with E-state index in [2.05, 4.69) is 10.6 Å². The number of likely N-dealkylation sites (N-methyl/N-ethyl adjacent to an activating group) is 1. The molecule has 152 valence electrons. The van der Waals surface area contributed by atoms with Crippen molar-refractivity contribution in [2.24, 2.45) is 0 Å². The van der Waals surface area contributed by atoms with Crippen LogP contribution >= 0.6 is 0 Å². The SMILES string of the molecule is C[NH+](C)[C@@H](CNC(=O)CN1C(=O)N[C@@]2(CCc3ccccc32)C1=O)c1ccco1. The van der Waals surface area contributed by atoms with E-state index in [9.17, 15) is 14.4 Å². The fourth-order valence-electron chi connectivity index (χ4n) is 4.23. The van der Waals surface area contributed by atoms with E-state index in [0.29, 0.717) is 13.0 Å². The third-order valence-electron chi connectivity index (χ3n) is 5.81. The second-order valence-electron chi connectivity index (χ2n) is 7.83. The molecule has 1 aliphatic carbocycles. The molecular formula is C21H25N4O4+. The molecule has 8 heteroatoms. The number of urea groups is 1. The predicted octanol–water partition coefficient (Wildman–Crippen LogP) is -0.0251. The topological polar surface area (TPSA) is 96.1 Å². The molecule has 2 heterocycles. The molecule has 4 amide bonds. The smallest absolute Gasteiger partial charge is 0.325 e. The van der Waals surface area contributed by atoms with Gasteiger partial charge in [-0.15, -0.1) is 0 Å². The van der Waals surface area contributed by atoms with E-state index in [4.69, 9.17) is 4.42 Å². The van der Waals surface area contributed by atoms with Crippen molar-refractivity contribution in [2.75, 3.05) is 27.2 Å². The fourth-order valence-corrected chi connectivity index (χ4v) is 4.23. The normalized spacial score (nSPS) is 21.6. The molecule has 0 unspecified atom stereocenters. The number of furan rings is 1. The summed E-state index contributed by atoms with van der Waals surface area (Å²) in [4.78, 5) is 40.3. The van der Waals surface area contributed by atoms with Crippen LogP contribution in [0.1, 0.15) is 29.3 Å². The summed E-state index contributed by atoms with van der Waals surface area (Å²) in [5, 5.41) is 5.66. The summed E-state index contributed by atoms with van der Waals surface area (Å²) in [5.74, 6) is 0.0277. The summed E-state index contributed by atoms with van der Waals surface area (Å²) in [5.41, 5.74) is 0.844. The molecule has 1 aromatic carbocycles. The molecule has 3 N–H and O–H groups in total. The van der Waals surface area contributed by atoms with Crippen LogP contribution in [0.2, 0.25) is 0 Å². The number of nitrogens with zero attached hydrogens (tertiary/aromatic N) is 1. The number of carbonyl (C=O) groups excluding carboxylic acids is 3. The standard InChI is InChI=1S/C21H24N4O4/c1-24(2)16(17-8-5-11-29-17)12-22-18(26)13-25-19(27)21(23-20(25)28)10-9-14-6-3-4-7-15(14)21/h3-8,11,16H,9-10,12-13H2,1-2H3,(H,22,26)(H,23,28)/p+1/t16-,21+/m0/s1. The number of nitrogens with one attached hydrogen (secondary N) is 3. The first-order chi connectivity index (χ1) is 13.9. The molecule has 1 aliphatic heterocycles. The molecule has 8 nitrogen and oxygen atoms in total. The van der Waals surface area contributed by atoms with E-state index in [-0.39, 0.29) is 24.4 Å². The Hall–Kier alpha value is -3.13. The van der Waals surface area contributed by atoms with Crippen molar-refractivity contribution in [3.05, 3.63) is 59.5 Å². The minimum absolute atomic E-state index is 0.0647. The van der Waals surface area contributed by atoms with Crippen LogP contribution in [-0.2, 0) is 21.5 Å². The number of imide groups is 1. The van der Waals surface area contributed by atoms with Gasteiger partial charge in [-0.2, -0.15) is 0 Å². The summed E-state index contributed by atoms with van der Waals surface area (Å²) in [6.45, 7) is 0.0362. The molecule has 0 radical (unpaired) electrons. The zero-order valence-electron chi connectivity index (χ0n) is 16.5. The maximum Gasteiger partial charge on any atom is 0.325 e. The second kappa shape index (κ2) is 7.36. The molecule has 4 rings (SSSR count). The quantitative estimate of drug-likeness (QED) is 0.597. The van der Waals surface area contributed by atoms with Crippen molar-refractivity contribution in [1.29, 1.82) is 0 Å². The van der Waals surface area contributed by atoms with Crippen molar-refractivity contribution in [3.8, 4) is 0 Å². The molecule has 1 saturated heterocycles. The van der Waals surface area contributed by atoms with Gasteiger partial charge in [0, 0.05) is 0 Å². The Balaban J connectivity index is 1.43. The van der Waals surface area contributed by atoms with Gasteiger partial charge in [0.25, 0.3) is 5.91 Å². The van der Waals surface area contributed by atoms with Gasteiger partial charge >= 0.3 is 6.03 Å². The van der Waals surface area contributed by atoms with E-state index >= 15 is 0 Å². The maximum atomic E-state index is 13.1. The maximum absolute atomic E-state index is 13.1. The number of benzene rings is 1. The molecule has 2 atom stereocenters. The summed E-state index contributed by atoms with van der Waals surface area (Å²) < 4.78 is 5.45. The number of carbonyl (C=O) groups is 3. The number of aryl methyl sites for hydroxylation is 1. The van der Waals surface area contributed by atoms with Gasteiger partial charge in [0.2, 0.25) is 5.91 Å². The Morgan fingerprint density at radius 3 is 2.79 bits per heavy atom. The van der Waals surface area contributed by atoms with Crippen LogP contribution < -0.4 is 15.5 Å². The Morgan fingerprint density at radius 2 is 2.07 bits per heavy atom. The Bertz CT molecular complexity index is 940. The highest BCUT2D eigenvalue weighted by molar-refractivity contribution is 6.09. The Morgan fingerprint density at radius 1 is 1.28 bits per heavy atom. The van der Waals surface area contributed by atoms with Gasteiger partial charge in [0.05, 0.1) is 26.9 Å². The molecule has 2 aromatic rings. The monoisotopic (exact) mass is 397 g/mol. The number of fused-ring (bicyclic) bond motifs is 2. The van der Waals surface area contributed by atoms with Crippen LogP contribution in [0.15, 0.2) is 47.1 Å². The van der Waals surface area contributed by atoms with Crippen molar-refractivity contribution in [3.63, 3.8) is 0 Å².